The summed E-state index contributed by atoms with van der Waals surface area (Å²) in [7, 11) is 0. The maximum absolute atomic E-state index is 12.1. The van der Waals surface area contributed by atoms with Gasteiger partial charge in [0.15, 0.2) is 5.75 Å². The van der Waals surface area contributed by atoms with E-state index >= 15 is 0 Å². The van der Waals surface area contributed by atoms with Crippen LogP contribution < -0.4 is 5.43 Å². The zero-order chi connectivity index (χ0) is 10.0. The van der Waals surface area contributed by atoms with Gasteiger partial charge in [0.25, 0.3) is 6.43 Å². The Hall–Kier alpha value is -1.10. The molecule has 0 unspecified atom stereocenters. The molecule has 0 aliphatic rings. The van der Waals surface area contributed by atoms with Gasteiger partial charge in [-0.3, -0.25) is 4.79 Å². The molecule has 13 heavy (non-hydrogen) atoms. The monoisotopic (exact) mass is 209 g/mol. The normalized spacial score (nSPS) is 10.8. The number of aromatic hydroxyl groups is 1. The molecule has 2 N–H and O–H groups in total. The number of aromatic amines is 1. The van der Waals surface area contributed by atoms with Crippen molar-refractivity contribution in [2.24, 2.45) is 0 Å². The zero-order valence-electron chi connectivity index (χ0n) is 6.35. The molecule has 0 aliphatic heterocycles. The lowest BCUT2D eigenvalue weighted by Gasteiger charge is -2.03. The summed E-state index contributed by atoms with van der Waals surface area (Å²) in [6, 6.07) is 0. The van der Waals surface area contributed by atoms with E-state index < -0.39 is 23.3 Å². The fourth-order valence-electron chi connectivity index (χ4n) is 0.839. The maximum Gasteiger partial charge on any atom is 0.282 e. The van der Waals surface area contributed by atoms with E-state index in [1.54, 1.807) is 0 Å². The largest absolute Gasteiger partial charge is 0.503 e. The molecule has 0 saturated heterocycles. The van der Waals surface area contributed by atoms with Crippen molar-refractivity contribution in [3.05, 3.63) is 27.7 Å². The van der Waals surface area contributed by atoms with Crippen LogP contribution in [-0.4, -0.2) is 10.1 Å². The van der Waals surface area contributed by atoms with Crippen molar-refractivity contribution in [1.82, 2.24) is 4.98 Å². The van der Waals surface area contributed by atoms with Crippen LogP contribution in [0.15, 0.2) is 11.0 Å². The molecule has 1 aromatic rings. The quantitative estimate of drug-likeness (QED) is 0.730. The highest BCUT2D eigenvalue weighted by atomic mass is 35.5. The number of aromatic nitrogens is 1. The van der Waals surface area contributed by atoms with Crippen LogP contribution in [-0.2, 0) is 5.88 Å². The molecule has 1 heterocycles. The molecule has 0 amide bonds. The summed E-state index contributed by atoms with van der Waals surface area (Å²) in [5, 5.41) is 9.00. The molecule has 6 heteroatoms. The Labute approximate surface area is 77.0 Å². The first-order valence-corrected chi connectivity index (χ1v) is 3.89. The van der Waals surface area contributed by atoms with Crippen molar-refractivity contribution in [2.75, 3.05) is 0 Å². The molecule has 0 fully saturated rings. The Morgan fingerprint density at radius 1 is 1.62 bits per heavy atom. The number of pyridine rings is 1. The van der Waals surface area contributed by atoms with Crippen LogP contribution in [0.25, 0.3) is 0 Å². The van der Waals surface area contributed by atoms with E-state index in [0.717, 1.165) is 6.20 Å². The third kappa shape index (κ3) is 1.80. The zero-order valence-corrected chi connectivity index (χ0v) is 7.11. The molecular formula is C7H6ClF2NO2. The van der Waals surface area contributed by atoms with Crippen molar-refractivity contribution >= 4 is 11.6 Å². The Bertz CT molecular complexity index is 364. The SMILES string of the molecule is O=c1c(CCl)c[nH]c(C(F)F)c1O. The molecule has 0 bridgehead atoms. The Kier molecular flexibility index (Phi) is 2.87. The summed E-state index contributed by atoms with van der Waals surface area (Å²) in [5.74, 6) is -1.10. The highest BCUT2D eigenvalue weighted by Crippen LogP contribution is 2.22. The Morgan fingerprint density at radius 2 is 2.23 bits per heavy atom. The fraction of sp³-hybridized carbons (Fsp3) is 0.286. The molecule has 0 atom stereocenters. The predicted octanol–water partition coefficient (Wildman–Crippen LogP) is 1.76. The van der Waals surface area contributed by atoms with Crippen molar-refractivity contribution < 1.29 is 13.9 Å². The summed E-state index contributed by atoms with van der Waals surface area (Å²) in [6.07, 6.45) is -1.84. The molecule has 0 saturated carbocycles. The van der Waals surface area contributed by atoms with Gasteiger partial charge in [-0.1, -0.05) is 0 Å². The van der Waals surface area contributed by atoms with Crippen LogP contribution in [0.2, 0.25) is 0 Å². The van der Waals surface area contributed by atoms with Crippen molar-refractivity contribution in [3.8, 4) is 5.75 Å². The second-order valence-electron chi connectivity index (χ2n) is 2.34. The van der Waals surface area contributed by atoms with E-state index in [9.17, 15) is 13.6 Å². The lowest BCUT2D eigenvalue weighted by molar-refractivity contribution is 0.141. The first-order valence-electron chi connectivity index (χ1n) is 3.35. The molecule has 0 radical (unpaired) electrons. The van der Waals surface area contributed by atoms with Crippen molar-refractivity contribution in [1.29, 1.82) is 0 Å². The summed E-state index contributed by atoms with van der Waals surface area (Å²) < 4.78 is 24.2. The standard InChI is InChI=1S/C7H6ClF2NO2/c8-1-3-2-11-4(7(9)10)6(13)5(3)12/h2,7,13H,1H2,(H,11,12). The van der Waals surface area contributed by atoms with Gasteiger partial charge in [0.05, 0.1) is 5.88 Å². The van der Waals surface area contributed by atoms with Crippen LogP contribution in [0, 0.1) is 0 Å². The first-order chi connectivity index (χ1) is 6.07. The highest BCUT2D eigenvalue weighted by Gasteiger charge is 2.17. The summed E-state index contributed by atoms with van der Waals surface area (Å²) in [5.41, 5.74) is -1.58. The highest BCUT2D eigenvalue weighted by molar-refractivity contribution is 6.17. The molecule has 1 rings (SSSR count). The minimum atomic E-state index is -2.91. The minimum absolute atomic E-state index is 0.0589. The van der Waals surface area contributed by atoms with Gasteiger partial charge in [-0.05, 0) is 0 Å². The number of hydrogen-bond acceptors (Lipinski definition) is 2. The second kappa shape index (κ2) is 3.74. The van der Waals surface area contributed by atoms with Gasteiger partial charge in [0.2, 0.25) is 5.43 Å². The van der Waals surface area contributed by atoms with Gasteiger partial charge in [0, 0.05) is 11.8 Å². The number of rotatable bonds is 2. The van der Waals surface area contributed by atoms with Crippen molar-refractivity contribution in [2.45, 2.75) is 12.3 Å². The van der Waals surface area contributed by atoms with Crippen LogP contribution >= 0.6 is 11.6 Å². The number of H-pyrrole nitrogens is 1. The van der Waals surface area contributed by atoms with Crippen molar-refractivity contribution in [3.63, 3.8) is 0 Å². The smallest absolute Gasteiger partial charge is 0.282 e. The van der Waals surface area contributed by atoms with Crippen LogP contribution in [0.3, 0.4) is 0 Å². The number of hydrogen-bond donors (Lipinski definition) is 2. The van der Waals surface area contributed by atoms with E-state index in [0.29, 0.717) is 0 Å². The number of alkyl halides is 3. The minimum Gasteiger partial charge on any atom is -0.503 e. The average molecular weight is 210 g/mol. The summed E-state index contributed by atoms with van der Waals surface area (Å²) in [6.45, 7) is 0. The average Bonchev–Trinajstić information content (AvgIpc) is 2.09. The van der Waals surface area contributed by atoms with Gasteiger partial charge < -0.3 is 10.1 Å². The van der Waals surface area contributed by atoms with Gasteiger partial charge in [-0.25, -0.2) is 8.78 Å². The van der Waals surface area contributed by atoms with E-state index in [2.05, 4.69) is 4.98 Å². The lowest BCUT2D eigenvalue weighted by Crippen LogP contribution is -2.10. The number of halogens is 3. The topological polar surface area (TPSA) is 53.1 Å². The maximum atomic E-state index is 12.1. The Balaban J connectivity index is 3.32. The molecule has 72 valence electrons. The second-order valence-corrected chi connectivity index (χ2v) is 2.61. The molecule has 0 aliphatic carbocycles. The molecule has 3 nitrogen and oxygen atoms in total. The first kappa shape index (κ1) is 9.98. The van der Waals surface area contributed by atoms with Crippen LogP contribution in [0.4, 0.5) is 8.78 Å². The van der Waals surface area contributed by atoms with Gasteiger partial charge >= 0.3 is 0 Å². The van der Waals surface area contributed by atoms with Gasteiger partial charge in [-0.15, -0.1) is 11.6 Å². The van der Waals surface area contributed by atoms with E-state index in [-0.39, 0.29) is 11.4 Å². The van der Waals surface area contributed by atoms with Gasteiger partial charge in [0.1, 0.15) is 5.69 Å². The van der Waals surface area contributed by atoms with Crippen LogP contribution in [0.5, 0.6) is 5.75 Å². The number of nitrogens with one attached hydrogen (secondary N) is 1. The third-order valence-corrected chi connectivity index (χ3v) is 1.81. The Morgan fingerprint density at radius 3 is 2.69 bits per heavy atom. The van der Waals surface area contributed by atoms with E-state index in [1.165, 1.54) is 0 Å². The predicted molar refractivity (Wildman–Crippen MR) is 43.2 cm³/mol. The van der Waals surface area contributed by atoms with E-state index in [1.807, 2.05) is 0 Å². The van der Waals surface area contributed by atoms with E-state index in [4.69, 9.17) is 16.7 Å². The molecular weight excluding hydrogens is 204 g/mol. The third-order valence-electron chi connectivity index (χ3n) is 1.53. The molecule has 0 spiro atoms. The molecule has 1 aromatic heterocycles. The summed E-state index contributed by atoms with van der Waals surface area (Å²) in [4.78, 5) is 13.1. The fourth-order valence-corrected chi connectivity index (χ4v) is 1.04. The molecule has 0 aromatic carbocycles. The lowest BCUT2D eigenvalue weighted by atomic mass is 10.2. The summed E-state index contributed by atoms with van der Waals surface area (Å²) >= 11 is 5.32. The van der Waals surface area contributed by atoms with Crippen LogP contribution in [0.1, 0.15) is 17.7 Å². The van der Waals surface area contributed by atoms with Gasteiger partial charge in [-0.2, -0.15) is 0 Å².